The second-order valence-corrected chi connectivity index (χ2v) is 16.0. The number of nitrogens with zero attached hydrogens (tertiary/aromatic N) is 2. The van der Waals surface area contributed by atoms with Gasteiger partial charge in [-0.25, -0.2) is 0 Å². The third-order valence-electron chi connectivity index (χ3n) is 12.0. The van der Waals surface area contributed by atoms with Gasteiger partial charge in [-0.05, 0) is 115 Å². The fraction of sp³-hybridized carbons (Fsp3) is 0.185. The summed E-state index contributed by atoms with van der Waals surface area (Å²) >= 11 is 0. The van der Waals surface area contributed by atoms with Gasteiger partial charge in [0.2, 0.25) is 0 Å². The molecule has 6 aromatic rings. The van der Waals surface area contributed by atoms with Crippen molar-refractivity contribution in [3.8, 4) is 11.1 Å². The highest BCUT2D eigenvalue weighted by Gasteiger charge is 2.42. The molecule has 0 bridgehead atoms. The number of hydrogen-bond donors (Lipinski definition) is 0. The number of rotatable bonds is 8. The van der Waals surface area contributed by atoms with E-state index in [0.717, 1.165) is 12.8 Å². The van der Waals surface area contributed by atoms with E-state index in [1.165, 1.54) is 78.4 Å². The Morgan fingerprint density at radius 3 is 1.61 bits per heavy atom. The zero-order valence-electron chi connectivity index (χ0n) is 32.9. The number of benzene rings is 6. The lowest BCUT2D eigenvalue weighted by Gasteiger charge is -2.47. The molecule has 0 N–H and O–H groups in total. The highest BCUT2D eigenvalue weighted by atomic mass is 15.2. The lowest BCUT2D eigenvalue weighted by Crippen LogP contribution is -2.41. The Kier molecular flexibility index (Phi) is 9.65. The number of anilines is 3. The molecule has 0 saturated heterocycles. The summed E-state index contributed by atoms with van der Waals surface area (Å²) in [6.07, 6.45) is 14.5. The summed E-state index contributed by atoms with van der Waals surface area (Å²) in [4.78, 5) is 5.29. The van der Waals surface area contributed by atoms with Crippen LogP contribution in [0.25, 0.3) is 22.4 Å². The van der Waals surface area contributed by atoms with Gasteiger partial charge in [0, 0.05) is 28.5 Å². The first-order valence-corrected chi connectivity index (χ1v) is 20.3. The first-order valence-electron chi connectivity index (χ1n) is 20.3. The normalized spacial score (nSPS) is 19.9. The van der Waals surface area contributed by atoms with E-state index < -0.39 is 0 Å². The van der Waals surface area contributed by atoms with Crippen molar-refractivity contribution >= 4 is 28.3 Å². The van der Waals surface area contributed by atoms with Crippen LogP contribution in [0.2, 0.25) is 0 Å². The lowest BCUT2D eigenvalue weighted by molar-refractivity contribution is 0.531. The minimum absolute atomic E-state index is 0.0237. The van der Waals surface area contributed by atoms with E-state index in [1.807, 2.05) is 0 Å². The molecule has 0 aliphatic heterocycles. The first-order chi connectivity index (χ1) is 27.4. The van der Waals surface area contributed by atoms with Crippen molar-refractivity contribution < 1.29 is 0 Å². The quantitative estimate of drug-likeness (QED) is 0.144. The summed E-state index contributed by atoms with van der Waals surface area (Å²) in [6, 6.07) is 56.7. The summed E-state index contributed by atoms with van der Waals surface area (Å²) in [5.74, 6) is 0.620. The molecule has 56 heavy (non-hydrogen) atoms. The van der Waals surface area contributed by atoms with E-state index in [0.29, 0.717) is 5.92 Å². The average molecular weight is 727 g/mol. The monoisotopic (exact) mass is 726 g/mol. The van der Waals surface area contributed by atoms with Crippen LogP contribution in [-0.4, -0.2) is 6.04 Å². The van der Waals surface area contributed by atoms with Crippen LogP contribution in [0.3, 0.4) is 0 Å². The van der Waals surface area contributed by atoms with Crippen LogP contribution in [0.15, 0.2) is 188 Å². The van der Waals surface area contributed by atoms with Gasteiger partial charge < -0.3 is 9.80 Å². The molecule has 9 rings (SSSR count). The minimum Gasteiger partial charge on any atom is -0.334 e. The lowest BCUT2D eigenvalue weighted by atomic mass is 9.72. The average Bonchev–Trinajstić information content (AvgIpc) is 3.24. The van der Waals surface area contributed by atoms with Gasteiger partial charge >= 0.3 is 0 Å². The Morgan fingerprint density at radius 2 is 1.05 bits per heavy atom. The molecule has 0 radical (unpaired) electrons. The Balaban J connectivity index is 1.36. The Labute approximate surface area is 333 Å². The summed E-state index contributed by atoms with van der Waals surface area (Å²) in [7, 11) is 0. The summed E-state index contributed by atoms with van der Waals surface area (Å²) in [6.45, 7) is 8.88. The zero-order chi connectivity index (χ0) is 38.2. The SMILES string of the molecule is Cc1ccc(N(C2=C3C=CC(c4ccccc4)=CC3C(N(c3ccc(C)cc3)c3ccc(C)cc3)c3ccc(-c4ccccc4)cc32)C2C=CC(C)CC2)cc1. The van der Waals surface area contributed by atoms with E-state index in [-0.39, 0.29) is 18.0 Å². The first kappa shape index (κ1) is 35.6. The van der Waals surface area contributed by atoms with Crippen LogP contribution in [-0.2, 0) is 0 Å². The Hall–Kier alpha value is -6.12. The summed E-state index contributed by atoms with van der Waals surface area (Å²) < 4.78 is 0. The van der Waals surface area contributed by atoms with Crippen molar-refractivity contribution in [2.24, 2.45) is 11.8 Å². The van der Waals surface area contributed by atoms with Crippen molar-refractivity contribution in [2.75, 3.05) is 9.80 Å². The van der Waals surface area contributed by atoms with Crippen LogP contribution in [0.1, 0.15) is 59.2 Å². The standard InChI is InChI=1S/C54H50N2/c1-37-15-25-45(26-16-37)55(46-27-17-38(2)18-28-46)53-49-33-23-44(42-13-9-6-10-14-42)36-52(49)54(50-34-24-43(35-51(50)53)41-11-7-5-8-12-41)56(47-29-19-39(3)20-30-47)48-31-21-40(4)22-32-48/h5-21,23-31,33-36,40,48,51,53H,22,32H2,1-4H3. The Morgan fingerprint density at radius 1 is 0.500 bits per heavy atom. The number of allylic oxidation sites excluding steroid dienone is 4. The molecule has 0 spiro atoms. The van der Waals surface area contributed by atoms with Gasteiger partial charge in [-0.2, -0.15) is 0 Å². The van der Waals surface area contributed by atoms with Gasteiger partial charge in [0.05, 0.1) is 17.8 Å². The topological polar surface area (TPSA) is 6.48 Å². The minimum atomic E-state index is -0.0237. The summed E-state index contributed by atoms with van der Waals surface area (Å²) in [5.41, 5.74) is 17.6. The molecule has 0 saturated carbocycles. The van der Waals surface area contributed by atoms with E-state index in [2.05, 4.69) is 220 Å². The maximum absolute atomic E-state index is 2.68. The van der Waals surface area contributed by atoms with E-state index in [4.69, 9.17) is 0 Å². The molecule has 0 amide bonds. The molecule has 0 aromatic heterocycles. The molecule has 4 atom stereocenters. The van der Waals surface area contributed by atoms with Crippen molar-refractivity contribution in [1.82, 2.24) is 0 Å². The van der Waals surface area contributed by atoms with Gasteiger partial charge in [0.15, 0.2) is 0 Å². The van der Waals surface area contributed by atoms with E-state index >= 15 is 0 Å². The van der Waals surface area contributed by atoms with Gasteiger partial charge in [-0.3, -0.25) is 0 Å². The van der Waals surface area contributed by atoms with Crippen molar-refractivity contribution in [3.05, 3.63) is 221 Å². The molecule has 4 unspecified atom stereocenters. The molecule has 0 fully saturated rings. The molecule has 3 aliphatic carbocycles. The molecule has 6 aromatic carbocycles. The fourth-order valence-corrected chi connectivity index (χ4v) is 8.93. The van der Waals surface area contributed by atoms with Crippen LogP contribution in [0.5, 0.6) is 0 Å². The predicted octanol–water partition coefficient (Wildman–Crippen LogP) is 14.0. The van der Waals surface area contributed by atoms with Gasteiger partial charge in [-0.15, -0.1) is 0 Å². The Bertz CT molecular complexity index is 2400. The van der Waals surface area contributed by atoms with Gasteiger partial charge in [0.25, 0.3) is 0 Å². The maximum atomic E-state index is 2.68. The molecule has 3 aliphatic rings. The molecule has 0 heterocycles. The fourth-order valence-electron chi connectivity index (χ4n) is 8.93. The van der Waals surface area contributed by atoms with Crippen molar-refractivity contribution in [1.29, 1.82) is 0 Å². The van der Waals surface area contributed by atoms with Crippen molar-refractivity contribution in [3.63, 3.8) is 0 Å². The molecule has 276 valence electrons. The number of aryl methyl sites for hydroxylation is 3. The third kappa shape index (κ3) is 6.86. The third-order valence-corrected chi connectivity index (χ3v) is 12.0. The smallest absolute Gasteiger partial charge is 0.0702 e. The molecular weight excluding hydrogens is 677 g/mol. The molecule has 2 heteroatoms. The highest BCUT2D eigenvalue weighted by molar-refractivity contribution is 5.92. The second kappa shape index (κ2) is 15.2. The van der Waals surface area contributed by atoms with Crippen molar-refractivity contribution in [2.45, 2.75) is 52.6 Å². The van der Waals surface area contributed by atoms with Crippen LogP contribution < -0.4 is 9.80 Å². The van der Waals surface area contributed by atoms with Crippen LogP contribution in [0, 0.1) is 32.6 Å². The second-order valence-electron chi connectivity index (χ2n) is 16.0. The highest BCUT2D eigenvalue weighted by Crippen LogP contribution is 2.54. The zero-order valence-corrected chi connectivity index (χ0v) is 32.9. The number of hydrogen-bond acceptors (Lipinski definition) is 2. The van der Waals surface area contributed by atoms with E-state index in [9.17, 15) is 0 Å². The maximum Gasteiger partial charge on any atom is 0.0702 e. The predicted molar refractivity (Wildman–Crippen MR) is 238 cm³/mol. The molecule has 2 nitrogen and oxygen atoms in total. The largest absolute Gasteiger partial charge is 0.334 e. The number of fused-ring (bicyclic) bond motifs is 2. The van der Waals surface area contributed by atoms with Gasteiger partial charge in [-0.1, -0.05) is 163 Å². The van der Waals surface area contributed by atoms with Gasteiger partial charge in [0.1, 0.15) is 0 Å². The van der Waals surface area contributed by atoms with Crippen LogP contribution in [0.4, 0.5) is 17.1 Å². The molecular formula is C54H50N2. The van der Waals surface area contributed by atoms with Crippen LogP contribution >= 0.6 is 0 Å². The van der Waals surface area contributed by atoms with E-state index in [1.54, 1.807) is 0 Å². The summed E-state index contributed by atoms with van der Waals surface area (Å²) in [5, 5.41) is 0.